The van der Waals surface area contributed by atoms with E-state index < -0.39 is 5.60 Å². The lowest BCUT2D eigenvalue weighted by Crippen LogP contribution is -2.57. The molecular weight excluding hydrogens is 288 g/mol. The van der Waals surface area contributed by atoms with Crippen LogP contribution in [0.4, 0.5) is 4.79 Å². The van der Waals surface area contributed by atoms with E-state index in [0.29, 0.717) is 6.54 Å². The molecule has 1 atom stereocenters. The first-order valence-electron chi connectivity index (χ1n) is 7.28. The average molecular weight is 310 g/mol. The fourth-order valence-corrected chi connectivity index (χ4v) is 3.96. The standard InChI is InChI=1S/C14H22N4O2S/c1-9-16-17-11(21-9)10-5-18(8-14(10)6-15-7-14)12(19)20-13(2,3)4/h10,15H,5-8H2,1-4H3. The topological polar surface area (TPSA) is 67.4 Å². The second-order valence-corrected chi connectivity index (χ2v) is 8.25. The molecule has 0 aromatic carbocycles. The maximum Gasteiger partial charge on any atom is 0.410 e. The van der Waals surface area contributed by atoms with Gasteiger partial charge in [0.25, 0.3) is 0 Å². The van der Waals surface area contributed by atoms with Gasteiger partial charge in [0.05, 0.1) is 0 Å². The Kier molecular flexibility index (Phi) is 3.44. The number of ether oxygens (including phenoxy) is 1. The molecule has 21 heavy (non-hydrogen) atoms. The summed E-state index contributed by atoms with van der Waals surface area (Å²) in [6.07, 6.45) is -0.225. The largest absolute Gasteiger partial charge is 0.444 e. The van der Waals surface area contributed by atoms with E-state index in [1.54, 1.807) is 11.3 Å². The number of rotatable bonds is 1. The molecule has 6 nitrogen and oxygen atoms in total. The molecule has 2 aliphatic rings. The molecule has 1 aromatic rings. The van der Waals surface area contributed by atoms with Gasteiger partial charge in [0, 0.05) is 37.5 Å². The minimum Gasteiger partial charge on any atom is -0.444 e. The predicted molar refractivity (Wildman–Crippen MR) is 80.5 cm³/mol. The van der Waals surface area contributed by atoms with Crippen LogP contribution in [0.3, 0.4) is 0 Å². The van der Waals surface area contributed by atoms with Crippen LogP contribution < -0.4 is 5.32 Å². The first-order valence-corrected chi connectivity index (χ1v) is 8.09. The smallest absolute Gasteiger partial charge is 0.410 e. The van der Waals surface area contributed by atoms with Crippen LogP contribution in [-0.2, 0) is 4.74 Å². The summed E-state index contributed by atoms with van der Waals surface area (Å²) in [4.78, 5) is 14.1. The molecule has 1 spiro atoms. The molecule has 1 amide bonds. The van der Waals surface area contributed by atoms with Crippen LogP contribution in [0.15, 0.2) is 0 Å². The number of likely N-dealkylation sites (tertiary alicyclic amines) is 1. The third-order valence-electron chi connectivity index (χ3n) is 4.09. The van der Waals surface area contributed by atoms with Crippen LogP contribution in [-0.4, -0.2) is 53.0 Å². The van der Waals surface area contributed by atoms with Crippen LogP contribution in [0.2, 0.25) is 0 Å². The lowest BCUT2D eigenvalue weighted by atomic mass is 9.73. The van der Waals surface area contributed by atoms with Crippen molar-refractivity contribution in [3.05, 3.63) is 10.0 Å². The van der Waals surface area contributed by atoms with Gasteiger partial charge < -0.3 is 15.0 Å². The van der Waals surface area contributed by atoms with Crippen LogP contribution in [0, 0.1) is 12.3 Å². The van der Waals surface area contributed by atoms with Crippen molar-refractivity contribution in [1.82, 2.24) is 20.4 Å². The van der Waals surface area contributed by atoms with E-state index in [2.05, 4.69) is 15.5 Å². The molecule has 1 N–H and O–H groups in total. The molecule has 3 heterocycles. The SMILES string of the molecule is Cc1nnc(C2CN(C(=O)OC(C)(C)C)CC23CNC3)s1. The predicted octanol–water partition coefficient (Wildman–Crippen LogP) is 1.77. The zero-order valence-electron chi connectivity index (χ0n) is 13.0. The molecule has 116 valence electrons. The Morgan fingerprint density at radius 1 is 1.43 bits per heavy atom. The molecule has 2 saturated heterocycles. The molecule has 0 radical (unpaired) electrons. The van der Waals surface area contributed by atoms with Gasteiger partial charge in [-0.05, 0) is 27.7 Å². The molecule has 0 saturated carbocycles. The van der Waals surface area contributed by atoms with E-state index in [1.807, 2.05) is 32.6 Å². The fourth-order valence-electron chi connectivity index (χ4n) is 3.03. The average Bonchev–Trinajstić information content (AvgIpc) is 2.88. The monoisotopic (exact) mass is 310 g/mol. The summed E-state index contributed by atoms with van der Waals surface area (Å²) in [6.45, 7) is 10.9. The molecule has 3 rings (SSSR count). The van der Waals surface area contributed by atoms with Gasteiger partial charge in [0.1, 0.15) is 15.6 Å². The molecule has 7 heteroatoms. The van der Waals surface area contributed by atoms with Crippen molar-refractivity contribution in [2.24, 2.45) is 5.41 Å². The van der Waals surface area contributed by atoms with E-state index in [9.17, 15) is 4.79 Å². The van der Waals surface area contributed by atoms with E-state index in [4.69, 9.17) is 4.74 Å². The van der Waals surface area contributed by atoms with E-state index >= 15 is 0 Å². The first kappa shape index (κ1) is 14.7. The molecular formula is C14H22N4O2S. The number of carbonyl (C=O) groups is 1. The summed E-state index contributed by atoms with van der Waals surface area (Å²) >= 11 is 1.63. The quantitative estimate of drug-likeness (QED) is 0.856. The van der Waals surface area contributed by atoms with Gasteiger partial charge in [-0.15, -0.1) is 21.5 Å². The Morgan fingerprint density at radius 3 is 2.62 bits per heavy atom. The fraction of sp³-hybridized carbons (Fsp3) is 0.786. The number of aromatic nitrogens is 2. The van der Waals surface area contributed by atoms with Crippen molar-refractivity contribution in [2.75, 3.05) is 26.2 Å². The first-order chi connectivity index (χ1) is 9.79. The minimum atomic E-state index is -0.459. The zero-order chi connectivity index (χ0) is 15.3. The van der Waals surface area contributed by atoms with Crippen molar-refractivity contribution in [2.45, 2.75) is 39.2 Å². The van der Waals surface area contributed by atoms with Crippen molar-refractivity contribution in [1.29, 1.82) is 0 Å². The number of hydrogen-bond donors (Lipinski definition) is 1. The summed E-state index contributed by atoms with van der Waals surface area (Å²) in [5.41, 5.74) is -0.359. The lowest BCUT2D eigenvalue weighted by molar-refractivity contribution is 0.0257. The molecule has 0 bridgehead atoms. The van der Waals surface area contributed by atoms with Gasteiger partial charge in [-0.25, -0.2) is 4.79 Å². The summed E-state index contributed by atoms with van der Waals surface area (Å²) in [7, 11) is 0. The highest BCUT2D eigenvalue weighted by molar-refractivity contribution is 7.11. The molecule has 0 aliphatic carbocycles. The van der Waals surface area contributed by atoms with Gasteiger partial charge in [0.2, 0.25) is 0 Å². The zero-order valence-corrected chi connectivity index (χ0v) is 13.8. The summed E-state index contributed by atoms with van der Waals surface area (Å²) in [5, 5.41) is 13.8. The van der Waals surface area contributed by atoms with E-state index in [0.717, 1.165) is 29.6 Å². The summed E-state index contributed by atoms with van der Waals surface area (Å²) in [6, 6.07) is 0. The lowest BCUT2D eigenvalue weighted by Gasteiger charge is -2.42. The summed E-state index contributed by atoms with van der Waals surface area (Å²) in [5.74, 6) is 0.262. The van der Waals surface area contributed by atoms with Crippen LogP contribution in [0.5, 0.6) is 0 Å². The number of amides is 1. The minimum absolute atomic E-state index is 0.100. The van der Waals surface area contributed by atoms with Crippen molar-refractivity contribution < 1.29 is 9.53 Å². The Labute approximate surface area is 128 Å². The highest BCUT2D eigenvalue weighted by atomic mass is 32.1. The summed E-state index contributed by atoms with van der Waals surface area (Å²) < 4.78 is 5.51. The maximum atomic E-state index is 12.3. The normalized spacial score (nSPS) is 24.2. The molecule has 2 fully saturated rings. The Balaban J connectivity index is 1.78. The number of aryl methyl sites for hydroxylation is 1. The Bertz CT molecular complexity index is 547. The Morgan fingerprint density at radius 2 is 2.14 bits per heavy atom. The highest BCUT2D eigenvalue weighted by Crippen LogP contribution is 2.46. The van der Waals surface area contributed by atoms with Crippen LogP contribution in [0.1, 0.15) is 36.7 Å². The number of carbonyl (C=O) groups excluding carboxylic acids is 1. The molecule has 1 aromatic heterocycles. The number of nitrogens with one attached hydrogen (secondary N) is 1. The van der Waals surface area contributed by atoms with Crippen LogP contribution >= 0.6 is 11.3 Å². The van der Waals surface area contributed by atoms with Crippen molar-refractivity contribution in [3.8, 4) is 0 Å². The van der Waals surface area contributed by atoms with Gasteiger partial charge >= 0.3 is 6.09 Å². The van der Waals surface area contributed by atoms with E-state index in [1.165, 1.54) is 0 Å². The van der Waals surface area contributed by atoms with Gasteiger partial charge in [0.15, 0.2) is 0 Å². The van der Waals surface area contributed by atoms with Gasteiger partial charge in [-0.2, -0.15) is 0 Å². The molecule has 2 aliphatic heterocycles. The second kappa shape index (κ2) is 4.91. The third-order valence-corrected chi connectivity index (χ3v) is 5.05. The van der Waals surface area contributed by atoms with E-state index in [-0.39, 0.29) is 17.4 Å². The van der Waals surface area contributed by atoms with Gasteiger partial charge in [-0.3, -0.25) is 0 Å². The number of hydrogen-bond acceptors (Lipinski definition) is 6. The second-order valence-electron chi connectivity index (χ2n) is 7.04. The molecule has 1 unspecified atom stereocenters. The third kappa shape index (κ3) is 2.76. The van der Waals surface area contributed by atoms with Gasteiger partial charge in [-0.1, -0.05) is 0 Å². The number of nitrogens with zero attached hydrogens (tertiary/aromatic N) is 3. The van der Waals surface area contributed by atoms with Crippen molar-refractivity contribution in [3.63, 3.8) is 0 Å². The highest BCUT2D eigenvalue weighted by Gasteiger charge is 2.54. The van der Waals surface area contributed by atoms with Crippen LogP contribution in [0.25, 0.3) is 0 Å². The Hall–Kier alpha value is -1.21. The van der Waals surface area contributed by atoms with Crippen molar-refractivity contribution >= 4 is 17.4 Å². The maximum absolute atomic E-state index is 12.3.